The highest BCUT2D eigenvalue weighted by Crippen LogP contribution is 2.24. The van der Waals surface area contributed by atoms with E-state index in [9.17, 15) is 0 Å². The van der Waals surface area contributed by atoms with Gasteiger partial charge in [0.15, 0.2) is 0 Å². The molecule has 33 heavy (non-hydrogen) atoms. The first kappa shape index (κ1) is 19.9. The van der Waals surface area contributed by atoms with E-state index in [1.807, 2.05) is 72.8 Å². The Morgan fingerprint density at radius 1 is 0.424 bits per heavy atom. The van der Waals surface area contributed by atoms with Gasteiger partial charge in [0.1, 0.15) is 0 Å². The zero-order chi connectivity index (χ0) is 22.3. The van der Waals surface area contributed by atoms with Crippen LogP contribution in [-0.4, -0.2) is 20.2 Å². The molecule has 2 aromatic carbocycles. The molecule has 0 unspecified atom stereocenters. The van der Waals surface area contributed by atoms with Gasteiger partial charge in [-0.05, 0) is 72.8 Å². The van der Waals surface area contributed by atoms with Crippen LogP contribution < -0.4 is 0 Å². The molecule has 0 aliphatic rings. The van der Waals surface area contributed by atoms with Crippen LogP contribution in [0.15, 0.2) is 102 Å². The smallest absolute Gasteiger partial charge is 0.248 e. The molecule has 154 valence electrons. The van der Waals surface area contributed by atoms with Crippen molar-refractivity contribution in [2.24, 2.45) is 0 Å². The van der Waals surface area contributed by atoms with E-state index < -0.39 is 0 Å². The van der Waals surface area contributed by atoms with Gasteiger partial charge in [-0.15, -0.1) is 10.2 Å². The van der Waals surface area contributed by atoms with E-state index in [-0.39, 0.29) is 0 Å². The summed E-state index contributed by atoms with van der Waals surface area (Å²) in [7, 11) is 0. The second kappa shape index (κ2) is 9.43. The van der Waals surface area contributed by atoms with Crippen molar-refractivity contribution in [1.29, 1.82) is 0 Å². The zero-order valence-corrected chi connectivity index (χ0v) is 17.4. The molecule has 0 aliphatic carbocycles. The molecule has 0 atom stereocenters. The van der Waals surface area contributed by atoms with Crippen LogP contribution in [0.3, 0.4) is 0 Å². The third kappa shape index (κ3) is 5.02. The van der Waals surface area contributed by atoms with Gasteiger partial charge >= 0.3 is 0 Å². The Labute approximate surface area is 191 Å². The zero-order valence-electron chi connectivity index (χ0n) is 17.4. The minimum atomic E-state index is 0.459. The summed E-state index contributed by atoms with van der Waals surface area (Å²) in [6.07, 6.45) is 6.90. The Balaban J connectivity index is 1.29. The first-order valence-corrected chi connectivity index (χ1v) is 10.2. The summed E-state index contributed by atoms with van der Waals surface area (Å²) in [5, 5.41) is 8.38. The largest absolute Gasteiger partial charge is 0.416 e. The molecule has 5 aromatic rings. The Morgan fingerprint density at radius 2 is 0.758 bits per heavy atom. The third-order valence-corrected chi connectivity index (χ3v) is 4.75. The van der Waals surface area contributed by atoms with Crippen molar-refractivity contribution >= 4 is 0 Å². The van der Waals surface area contributed by atoms with Crippen LogP contribution in [0.25, 0.3) is 22.9 Å². The summed E-state index contributed by atoms with van der Waals surface area (Å²) in [6, 6.07) is 22.9. The first-order chi connectivity index (χ1) is 16.3. The molecule has 0 fully saturated rings. The molecule has 3 aromatic heterocycles. The summed E-state index contributed by atoms with van der Waals surface area (Å²) in [4.78, 5) is 7.99. The van der Waals surface area contributed by atoms with E-state index >= 15 is 0 Å². The van der Waals surface area contributed by atoms with Crippen LogP contribution in [-0.2, 0) is 0 Å². The fraction of sp³-hybridized carbons (Fsp3) is 0. The van der Waals surface area contributed by atoms with Crippen molar-refractivity contribution in [3.63, 3.8) is 0 Å². The van der Waals surface area contributed by atoms with Crippen molar-refractivity contribution in [2.45, 2.75) is 0 Å². The van der Waals surface area contributed by atoms with Gasteiger partial charge in [0.25, 0.3) is 0 Å². The third-order valence-electron chi connectivity index (χ3n) is 4.75. The van der Waals surface area contributed by atoms with Gasteiger partial charge in [0.2, 0.25) is 11.8 Å². The molecular formula is C28H16N4O. The number of aromatic nitrogens is 4. The lowest BCUT2D eigenvalue weighted by atomic mass is 10.1. The van der Waals surface area contributed by atoms with E-state index in [1.165, 1.54) is 0 Å². The van der Waals surface area contributed by atoms with Crippen LogP contribution in [0, 0.1) is 23.7 Å². The van der Waals surface area contributed by atoms with Gasteiger partial charge in [-0.2, -0.15) is 0 Å². The molecule has 5 heteroatoms. The summed E-state index contributed by atoms with van der Waals surface area (Å²) >= 11 is 0. The van der Waals surface area contributed by atoms with Crippen LogP contribution >= 0.6 is 0 Å². The second-order valence-electron chi connectivity index (χ2n) is 7.04. The number of rotatable bonds is 2. The van der Waals surface area contributed by atoms with Gasteiger partial charge in [0.05, 0.1) is 0 Å². The van der Waals surface area contributed by atoms with E-state index in [0.717, 1.165) is 33.4 Å². The molecule has 0 aliphatic heterocycles. The average Bonchev–Trinajstić information content (AvgIpc) is 3.38. The van der Waals surface area contributed by atoms with E-state index in [1.54, 1.807) is 24.8 Å². The lowest BCUT2D eigenvalue weighted by Crippen LogP contribution is -1.80. The molecule has 0 saturated heterocycles. The Morgan fingerprint density at radius 3 is 1.12 bits per heavy atom. The van der Waals surface area contributed by atoms with Crippen LogP contribution in [0.1, 0.15) is 22.3 Å². The highest BCUT2D eigenvalue weighted by Gasteiger charge is 2.10. The standard InChI is InChI=1S/C28H16N4O/c1(3-23-13-17-29-18-14-23)21-5-9-25(10-6-21)27-31-32-28(33-27)26-11-7-22(8-12-26)2-4-24-15-19-30-20-16-24/h5-20H. The van der Waals surface area contributed by atoms with Gasteiger partial charge in [-0.1, -0.05) is 23.7 Å². The number of hydrogen-bond donors (Lipinski definition) is 0. The molecule has 5 nitrogen and oxygen atoms in total. The predicted octanol–water partition coefficient (Wildman–Crippen LogP) is 4.99. The van der Waals surface area contributed by atoms with E-state index in [4.69, 9.17) is 4.42 Å². The molecule has 5 rings (SSSR count). The van der Waals surface area contributed by atoms with Crippen LogP contribution in [0.2, 0.25) is 0 Å². The van der Waals surface area contributed by atoms with Crippen molar-refractivity contribution in [1.82, 2.24) is 20.2 Å². The van der Waals surface area contributed by atoms with Gasteiger partial charge < -0.3 is 4.42 Å². The highest BCUT2D eigenvalue weighted by molar-refractivity contribution is 5.60. The molecule has 0 N–H and O–H groups in total. The molecule has 0 bridgehead atoms. The van der Waals surface area contributed by atoms with E-state index in [2.05, 4.69) is 43.8 Å². The van der Waals surface area contributed by atoms with Crippen molar-refractivity contribution in [3.05, 3.63) is 120 Å². The van der Waals surface area contributed by atoms with Crippen LogP contribution in [0.5, 0.6) is 0 Å². The molecular weight excluding hydrogens is 408 g/mol. The van der Waals surface area contributed by atoms with Gasteiger partial charge in [-0.3, -0.25) is 9.97 Å². The highest BCUT2D eigenvalue weighted by atomic mass is 16.4. The quantitative estimate of drug-likeness (QED) is 0.374. The maximum atomic E-state index is 5.89. The molecule has 0 saturated carbocycles. The topological polar surface area (TPSA) is 64.7 Å². The number of hydrogen-bond acceptors (Lipinski definition) is 5. The second-order valence-corrected chi connectivity index (χ2v) is 7.04. The Kier molecular flexibility index (Phi) is 5.69. The number of benzene rings is 2. The number of nitrogens with zero attached hydrogens (tertiary/aromatic N) is 4. The summed E-state index contributed by atoms with van der Waals surface area (Å²) in [6.45, 7) is 0. The SMILES string of the molecule is C(#Cc1ccc(-c2nnc(-c3ccc(C#Cc4ccncc4)cc3)o2)cc1)c1ccncc1. The monoisotopic (exact) mass is 424 g/mol. The fourth-order valence-corrected chi connectivity index (χ4v) is 3.01. The fourth-order valence-electron chi connectivity index (χ4n) is 3.01. The Bertz CT molecular complexity index is 1370. The van der Waals surface area contributed by atoms with Gasteiger partial charge in [0, 0.05) is 58.2 Å². The minimum Gasteiger partial charge on any atom is -0.416 e. The van der Waals surface area contributed by atoms with E-state index in [0.29, 0.717) is 11.8 Å². The molecule has 0 amide bonds. The molecule has 0 radical (unpaired) electrons. The van der Waals surface area contributed by atoms with Crippen molar-refractivity contribution in [3.8, 4) is 46.6 Å². The first-order valence-electron chi connectivity index (χ1n) is 10.2. The summed E-state index contributed by atoms with van der Waals surface area (Å²) in [5.41, 5.74) is 5.32. The van der Waals surface area contributed by atoms with Crippen LogP contribution in [0.4, 0.5) is 0 Å². The average molecular weight is 424 g/mol. The number of pyridine rings is 2. The predicted molar refractivity (Wildman–Crippen MR) is 126 cm³/mol. The lowest BCUT2D eigenvalue weighted by molar-refractivity contribution is 0.584. The van der Waals surface area contributed by atoms with Gasteiger partial charge in [-0.25, -0.2) is 0 Å². The maximum absolute atomic E-state index is 5.89. The molecule has 0 spiro atoms. The van der Waals surface area contributed by atoms with Crippen molar-refractivity contribution in [2.75, 3.05) is 0 Å². The Hall–Kier alpha value is -5.00. The summed E-state index contributed by atoms with van der Waals surface area (Å²) in [5.74, 6) is 13.4. The summed E-state index contributed by atoms with van der Waals surface area (Å²) < 4.78 is 5.89. The maximum Gasteiger partial charge on any atom is 0.248 e. The lowest BCUT2D eigenvalue weighted by Gasteiger charge is -1.97. The minimum absolute atomic E-state index is 0.459. The molecule has 3 heterocycles. The normalized spacial score (nSPS) is 9.94. The van der Waals surface area contributed by atoms with Crippen molar-refractivity contribution < 1.29 is 4.42 Å².